The van der Waals surface area contributed by atoms with Crippen molar-refractivity contribution in [1.29, 1.82) is 0 Å². The van der Waals surface area contributed by atoms with Crippen LogP contribution in [0.3, 0.4) is 0 Å². The first-order valence-electron chi connectivity index (χ1n) is 7.93. The molecule has 0 aliphatic carbocycles. The number of nitrogens with zero attached hydrogens (tertiary/aromatic N) is 1. The summed E-state index contributed by atoms with van der Waals surface area (Å²) in [5.41, 5.74) is 3.57. The van der Waals surface area contributed by atoms with Crippen LogP contribution >= 0.6 is 0 Å². The fourth-order valence-electron chi connectivity index (χ4n) is 2.72. The third kappa shape index (κ3) is 3.25. The Balaban J connectivity index is 2.07. The molecule has 0 saturated heterocycles. The molecule has 0 aliphatic heterocycles. The highest BCUT2D eigenvalue weighted by Crippen LogP contribution is 2.23. The van der Waals surface area contributed by atoms with E-state index in [0.29, 0.717) is 27.8 Å². The van der Waals surface area contributed by atoms with Gasteiger partial charge in [-0.2, -0.15) is 0 Å². The van der Waals surface area contributed by atoms with Crippen molar-refractivity contribution in [2.24, 2.45) is 5.84 Å². The van der Waals surface area contributed by atoms with Gasteiger partial charge in [-0.25, -0.2) is 5.84 Å². The predicted octanol–water partition coefficient (Wildman–Crippen LogP) is 2.72. The van der Waals surface area contributed by atoms with Crippen LogP contribution in [0.25, 0.3) is 10.9 Å². The summed E-state index contributed by atoms with van der Waals surface area (Å²) in [5, 5.41) is 0.661. The summed E-state index contributed by atoms with van der Waals surface area (Å²) in [5.74, 6) is 5.18. The Morgan fingerprint density at radius 3 is 2.60 bits per heavy atom. The number of nitrogens with one attached hydrogen (secondary N) is 1. The molecule has 0 fully saturated rings. The van der Waals surface area contributed by atoms with E-state index >= 15 is 0 Å². The number of amides is 1. The molecule has 1 amide bonds. The number of fused-ring (bicyclic) bond motifs is 1. The molecule has 0 saturated carbocycles. The Morgan fingerprint density at radius 1 is 1.12 bits per heavy atom. The number of carbonyl (C=O) groups excluding carboxylic acids is 2. The van der Waals surface area contributed by atoms with Gasteiger partial charge in [0.15, 0.2) is 0 Å². The van der Waals surface area contributed by atoms with Gasteiger partial charge in [0.05, 0.1) is 17.2 Å². The summed E-state index contributed by atoms with van der Waals surface area (Å²) in [4.78, 5) is 25.0. The minimum absolute atomic E-state index is 0.0117. The number of carbonyl (C=O) groups is 2. The average Bonchev–Trinajstić information content (AvgIpc) is 3.00. The topological polar surface area (TPSA) is 86.3 Å². The van der Waals surface area contributed by atoms with E-state index in [1.165, 1.54) is 10.8 Å². The van der Waals surface area contributed by atoms with Crippen molar-refractivity contribution in [3.63, 3.8) is 0 Å². The molecule has 6 heteroatoms. The standard InChI is InChI=1S/C19H19N3O3/c1-12(2)25-14-7-5-6-13(10-14)19(24)22-11-16(18(23)21-20)15-8-3-4-9-17(15)22/h3-12H,20H2,1-2H3,(H,21,23). The molecule has 0 unspecified atom stereocenters. The summed E-state index contributed by atoms with van der Waals surface area (Å²) in [7, 11) is 0. The van der Waals surface area contributed by atoms with E-state index in [0.717, 1.165) is 0 Å². The highest BCUT2D eigenvalue weighted by atomic mass is 16.5. The van der Waals surface area contributed by atoms with Crippen molar-refractivity contribution < 1.29 is 14.3 Å². The second-order valence-corrected chi connectivity index (χ2v) is 5.90. The Labute approximate surface area is 145 Å². The van der Waals surface area contributed by atoms with Crippen molar-refractivity contribution in [3.05, 3.63) is 65.9 Å². The van der Waals surface area contributed by atoms with Gasteiger partial charge in [-0.15, -0.1) is 0 Å². The largest absolute Gasteiger partial charge is 0.491 e. The van der Waals surface area contributed by atoms with Gasteiger partial charge >= 0.3 is 0 Å². The van der Waals surface area contributed by atoms with E-state index in [1.807, 2.05) is 26.0 Å². The molecule has 0 aliphatic rings. The number of nitrogen functional groups attached to an aromatic ring is 1. The number of hydrogen-bond acceptors (Lipinski definition) is 4. The number of aromatic nitrogens is 1. The van der Waals surface area contributed by atoms with Crippen molar-refractivity contribution in [3.8, 4) is 5.75 Å². The maximum atomic E-state index is 13.0. The van der Waals surface area contributed by atoms with E-state index in [4.69, 9.17) is 10.6 Å². The van der Waals surface area contributed by atoms with Gasteiger partial charge in [0.1, 0.15) is 5.75 Å². The Kier molecular flexibility index (Phi) is 4.54. The van der Waals surface area contributed by atoms with Crippen molar-refractivity contribution in [2.75, 3.05) is 0 Å². The van der Waals surface area contributed by atoms with Gasteiger partial charge < -0.3 is 4.74 Å². The Morgan fingerprint density at radius 2 is 1.88 bits per heavy atom. The first-order chi connectivity index (χ1) is 12.0. The number of hydrazine groups is 1. The summed E-state index contributed by atoms with van der Waals surface area (Å²) < 4.78 is 7.10. The molecule has 3 aromatic rings. The van der Waals surface area contributed by atoms with Crippen LogP contribution in [0.4, 0.5) is 0 Å². The molecule has 0 spiro atoms. The molecule has 0 atom stereocenters. The molecule has 128 valence electrons. The van der Waals surface area contributed by atoms with Gasteiger partial charge in [-0.3, -0.25) is 19.6 Å². The molecule has 3 N–H and O–H groups in total. The van der Waals surface area contributed by atoms with Gasteiger partial charge in [0.2, 0.25) is 0 Å². The smallest absolute Gasteiger partial charge is 0.267 e. The van der Waals surface area contributed by atoms with Crippen molar-refractivity contribution in [1.82, 2.24) is 9.99 Å². The number of nitrogens with two attached hydrogens (primary N) is 1. The second-order valence-electron chi connectivity index (χ2n) is 5.90. The molecule has 1 aromatic heterocycles. The van der Waals surface area contributed by atoms with E-state index in [2.05, 4.69) is 5.43 Å². The number of para-hydroxylation sites is 1. The van der Waals surface area contributed by atoms with Gasteiger partial charge in [0.25, 0.3) is 11.8 Å². The van der Waals surface area contributed by atoms with Crippen molar-refractivity contribution in [2.45, 2.75) is 20.0 Å². The Bertz CT molecular complexity index is 944. The zero-order valence-electron chi connectivity index (χ0n) is 14.0. The van der Waals surface area contributed by atoms with E-state index in [9.17, 15) is 9.59 Å². The molecular formula is C19H19N3O3. The molecule has 1 heterocycles. The second kappa shape index (κ2) is 6.78. The van der Waals surface area contributed by atoms with Gasteiger partial charge in [-0.05, 0) is 38.1 Å². The normalized spacial score (nSPS) is 10.9. The number of benzene rings is 2. The predicted molar refractivity (Wildman–Crippen MR) is 95.5 cm³/mol. The molecule has 3 rings (SSSR count). The van der Waals surface area contributed by atoms with Crippen LogP contribution in [0.5, 0.6) is 5.75 Å². The summed E-state index contributed by atoms with van der Waals surface area (Å²) >= 11 is 0. The molecule has 25 heavy (non-hydrogen) atoms. The van der Waals surface area contributed by atoms with E-state index < -0.39 is 5.91 Å². The van der Waals surface area contributed by atoms with Crippen LogP contribution in [0, 0.1) is 0 Å². The number of rotatable bonds is 4. The zero-order chi connectivity index (χ0) is 18.0. The molecule has 0 bridgehead atoms. The molecule has 6 nitrogen and oxygen atoms in total. The Hall–Kier alpha value is -3.12. The van der Waals surface area contributed by atoms with Gasteiger partial charge in [-0.1, -0.05) is 24.3 Å². The minimum Gasteiger partial charge on any atom is -0.491 e. The highest BCUT2D eigenvalue weighted by molar-refractivity contribution is 6.11. The van der Waals surface area contributed by atoms with E-state index in [1.54, 1.807) is 36.4 Å². The molecule has 2 aromatic carbocycles. The van der Waals surface area contributed by atoms with Crippen LogP contribution in [-0.4, -0.2) is 22.5 Å². The monoisotopic (exact) mass is 337 g/mol. The van der Waals surface area contributed by atoms with Crippen LogP contribution in [0.15, 0.2) is 54.7 Å². The highest BCUT2D eigenvalue weighted by Gasteiger charge is 2.19. The minimum atomic E-state index is -0.445. The van der Waals surface area contributed by atoms with E-state index in [-0.39, 0.29) is 12.0 Å². The van der Waals surface area contributed by atoms with Crippen LogP contribution in [0.2, 0.25) is 0 Å². The first-order valence-corrected chi connectivity index (χ1v) is 7.93. The zero-order valence-corrected chi connectivity index (χ0v) is 14.0. The average molecular weight is 337 g/mol. The molecule has 0 radical (unpaired) electrons. The fraction of sp³-hybridized carbons (Fsp3) is 0.158. The van der Waals surface area contributed by atoms with Gasteiger partial charge in [0, 0.05) is 17.1 Å². The summed E-state index contributed by atoms with van der Waals surface area (Å²) in [6.07, 6.45) is 1.52. The maximum absolute atomic E-state index is 13.0. The van der Waals surface area contributed by atoms with Crippen LogP contribution in [-0.2, 0) is 0 Å². The maximum Gasteiger partial charge on any atom is 0.267 e. The lowest BCUT2D eigenvalue weighted by molar-refractivity contribution is 0.0955. The SMILES string of the molecule is CC(C)Oc1cccc(C(=O)n2cc(C(=O)NN)c3ccccc32)c1. The third-order valence-electron chi connectivity index (χ3n) is 3.76. The van der Waals surface area contributed by atoms with Crippen LogP contribution < -0.4 is 16.0 Å². The lowest BCUT2D eigenvalue weighted by atomic mass is 10.1. The van der Waals surface area contributed by atoms with Crippen LogP contribution in [0.1, 0.15) is 34.6 Å². The lowest BCUT2D eigenvalue weighted by Crippen LogP contribution is -2.29. The fourth-order valence-corrected chi connectivity index (χ4v) is 2.72. The summed E-state index contributed by atoms with van der Waals surface area (Å²) in [6.45, 7) is 3.84. The quantitative estimate of drug-likeness (QED) is 0.435. The van der Waals surface area contributed by atoms with Crippen molar-refractivity contribution >= 4 is 22.7 Å². The first kappa shape index (κ1) is 16.7. The number of hydrogen-bond donors (Lipinski definition) is 2. The third-order valence-corrected chi connectivity index (χ3v) is 3.76. The lowest BCUT2D eigenvalue weighted by Gasteiger charge is -2.11. The molecular weight excluding hydrogens is 318 g/mol. The summed E-state index contributed by atoms with van der Waals surface area (Å²) in [6, 6.07) is 14.2. The number of ether oxygens (including phenoxy) is 1.